The maximum Gasteiger partial charge on any atom is 0.0190 e. The summed E-state index contributed by atoms with van der Waals surface area (Å²) < 4.78 is 0. The lowest BCUT2D eigenvalue weighted by molar-refractivity contribution is -0.0585. The van der Waals surface area contributed by atoms with Crippen LogP contribution >= 0.6 is 0 Å². The first-order valence-electron chi connectivity index (χ1n) is 6.50. The highest BCUT2D eigenvalue weighted by molar-refractivity contribution is 5.09. The van der Waals surface area contributed by atoms with Crippen molar-refractivity contribution in [1.29, 1.82) is 0 Å². The van der Waals surface area contributed by atoms with Gasteiger partial charge in [-0.2, -0.15) is 0 Å². The van der Waals surface area contributed by atoms with Crippen LogP contribution in [0.15, 0.2) is 0 Å². The minimum absolute atomic E-state index is 0.269. The first-order chi connectivity index (χ1) is 6.71. The fourth-order valence-electron chi connectivity index (χ4n) is 5.04. The van der Waals surface area contributed by atoms with E-state index in [2.05, 4.69) is 6.92 Å². The zero-order chi connectivity index (χ0) is 9.76. The second-order valence-electron chi connectivity index (χ2n) is 6.24. The summed E-state index contributed by atoms with van der Waals surface area (Å²) in [5, 5.41) is 0. The van der Waals surface area contributed by atoms with Crippen LogP contribution < -0.4 is 5.73 Å². The summed E-state index contributed by atoms with van der Waals surface area (Å²) in [7, 11) is 0. The monoisotopic (exact) mass is 193 g/mol. The van der Waals surface area contributed by atoms with Crippen molar-refractivity contribution in [2.75, 3.05) is 0 Å². The lowest BCUT2D eigenvalue weighted by atomic mass is 9.48. The molecule has 4 rings (SSSR count). The summed E-state index contributed by atoms with van der Waals surface area (Å²) in [4.78, 5) is 0. The van der Waals surface area contributed by atoms with E-state index < -0.39 is 0 Å². The molecule has 0 amide bonds. The van der Waals surface area contributed by atoms with Crippen molar-refractivity contribution in [3.63, 3.8) is 0 Å². The van der Waals surface area contributed by atoms with Crippen molar-refractivity contribution in [3.8, 4) is 0 Å². The fourth-order valence-corrected chi connectivity index (χ4v) is 5.04. The number of hydrogen-bond acceptors (Lipinski definition) is 1. The predicted molar refractivity (Wildman–Crippen MR) is 58.9 cm³/mol. The minimum atomic E-state index is 0.269. The molecule has 4 fully saturated rings. The van der Waals surface area contributed by atoms with Crippen LogP contribution in [0.3, 0.4) is 0 Å². The summed E-state index contributed by atoms with van der Waals surface area (Å²) in [6.07, 6.45) is 9.96. The van der Waals surface area contributed by atoms with Gasteiger partial charge in [-0.1, -0.05) is 13.3 Å². The van der Waals surface area contributed by atoms with Crippen LogP contribution in [0.1, 0.15) is 51.9 Å². The van der Waals surface area contributed by atoms with E-state index >= 15 is 0 Å². The van der Waals surface area contributed by atoms with E-state index in [-0.39, 0.29) is 5.54 Å². The highest BCUT2D eigenvalue weighted by atomic mass is 14.8. The molecule has 1 nitrogen and oxygen atoms in total. The summed E-state index contributed by atoms with van der Waals surface area (Å²) in [5.41, 5.74) is 6.92. The molecule has 0 aromatic carbocycles. The molecule has 0 radical (unpaired) electrons. The Labute approximate surface area is 87.4 Å². The van der Waals surface area contributed by atoms with Gasteiger partial charge in [0.1, 0.15) is 0 Å². The minimum Gasteiger partial charge on any atom is -0.325 e. The largest absolute Gasteiger partial charge is 0.325 e. The van der Waals surface area contributed by atoms with Crippen molar-refractivity contribution in [1.82, 2.24) is 0 Å². The summed E-state index contributed by atoms with van der Waals surface area (Å²) in [6, 6.07) is 0. The molecular weight excluding hydrogens is 170 g/mol. The molecular formula is C13H23N. The van der Waals surface area contributed by atoms with E-state index in [4.69, 9.17) is 5.73 Å². The van der Waals surface area contributed by atoms with Crippen LogP contribution in [0.25, 0.3) is 0 Å². The summed E-state index contributed by atoms with van der Waals surface area (Å²) >= 11 is 0. The molecule has 80 valence electrons. The zero-order valence-corrected chi connectivity index (χ0v) is 9.34. The van der Waals surface area contributed by atoms with Gasteiger partial charge in [0.15, 0.2) is 0 Å². The van der Waals surface area contributed by atoms with Gasteiger partial charge in [-0.25, -0.2) is 0 Å². The van der Waals surface area contributed by atoms with E-state index in [9.17, 15) is 0 Å². The van der Waals surface area contributed by atoms with Crippen LogP contribution in [0, 0.1) is 23.7 Å². The Kier molecular flexibility index (Phi) is 1.96. The maximum atomic E-state index is 6.65. The number of rotatable bonds is 2. The van der Waals surface area contributed by atoms with Crippen LogP contribution in [0.4, 0.5) is 0 Å². The lowest BCUT2D eigenvalue weighted by Crippen LogP contribution is -2.62. The van der Waals surface area contributed by atoms with Crippen molar-refractivity contribution in [3.05, 3.63) is 0 Å². The third-order valence-corrected chi connectivity index (χ3v) is 5.18. The Morgan fingerprint density at radius 2 is 1.79 bits per heavy atom. The maximum absolute atomic E-state index is 6.65. The van der Waals surface area contributed by atoms with Crippen molar-refractivity contribution in [2.45, 2.75) is 57.4 Å². The average Bonchev–Trinajstić information content (AvgIpc) is 2.09. The van der Waals surface area contributed by atoms with Crippen LogP contribution in [0.5, 0.6) is 0 Å². The number of hydrogen-bond donors (Lipinski definition) is 1. The molecule has 4 saturated carbocycles. The Hall–Kier alpha value is -0.0400. The molecule has 4 aliphatic carbocycles. The molecule has 0 aromatic rings. The SMILES string of the molecule is CCC[C@H]1C2C[C@@H]3C[C@H](C2)CC1(N)C3. The molecule has 1 heteroatoms. The van der Waals surface area contributed by atoms with Gasteiger partial charge in [0.25, 0.3) is 0 Å². The van der Waals surface area contributed by atoms with E-state index in [1.165, 1.54) is 44.9 Å². The van der Waals surface area contributed by atoms with Crippen LogP contribution in [-0.4, -0.2) is 5.54 Å². The molecule has 2 N–H and O–H groups in total. The summed E-state index contributed by atoms with van der Waals surface area (Å²) in [6.45, 7) is 2.31. The van der Waals surface area contributed by atoms with Gasteiger partial charge in [0, 0.05) is 5.54 Å². The molecule has 14 heavy (non-hydrogen) atoms. The van der Waals surface area contributed by atoms with Crippen LogP contribution in [0.2, 0.25) is 0 Å². The van der Waals surface area contributed by atoms with E-state index in [1.807, 2.05) is 0 Å². The first-order valence-corrected chi connectivity index (χ1v) is 6.50. The van der Waals surface area contributed by atoms with Gasteiger partial charge >= 0.3 is 0 Å². The van der Waals surface area contributed by atoms with Gasteiger partial charge in [-0.15, -0.1) is 0 Å². The quantitative estimate of drug-likeness (QED) is 0.717. The normalized spacial score (nSPS) is 55.3. The summed E-state index contributed by atoms with van der Waals surface area (Å²) in [5.74, 6) is 3.89. The second kappa shape index (κ2) is 2.98. The number of nitrogens with two attached hydrogens (primary N) is 1. The lowest BCUT2D eigenvalue weighted by Gasteiger charge is -2.60. The highest BCUT2D eigenvalue weighted by Gasteiger charge is 2.54. The smallest absolute Gasteiger partial charge is 0.0190 e. The molecule has 0 saturated heterocycles. The third kappa shape index (κ3) is 1.18. The van der Waals surface area contributed by atoms with E-state index in [0.717, 1.165) is 23.7 Å². The van der Waals surface area contributed by atoms with E-state index in [0.29, 0.717) is 0 Å². The van der Waals surface area contributed by atoms with E-state index in [1.54, 1.807) is 0 Å². The Morgan fingerprint density at radius 3 is 2.29 bits per heavy atom. The average molecular weight is 193 g/mol. The van der Waals surface area contributed by atoms with Gasteiger partial charge in [-0.3, -0.25) is 0 Å². The molecule has 5 atom stereocenters. The molecule has 0 aromatic heterocycles. The second-order valence-corrected chi connectivity index (χ2v) is 6.24. The van der Waals surface area contributed by atoms with Crippen LogP contribution in [-0.2, 0) is 0 Å². The highest BCUT2D eigenvalue weighted by Crippen LogP contribution is 2.58. The zero-order valence-electron chi connectivity index (χ0n) is 9.34. The standard InChI is InChI=1S/C13H23N/c1-2-3-12-11-5-9-4-10(6-11)8-13(12,14)7-9/h9-12H,2-8,14H2,1H3/t9-,10+,11?,12-,13?/m0/s1. The van der Waals surface area contributed by atoms with Crippen molar-refractivity contribution < 1.29 is 0 Å². The fraction of sp³-hybridized carbons (Fsp3) is 1.00. The van der Waals surface area contributed by atoms with Gasteiger partial charge in [-0.05, 0) is 62.2 Å². The molecule has 0 aliphatic heterocycles. The molecule has 2 unspecified atom stereocenters. The van der Waals surface area contributed by atoms with Crippen molar-refractivity contribution >= 4 is 0 Å². The Balaban J connectivity index is 1.86. The molecule has 4 bridgehead atoms. The molecule has 0 spiro atoms. The third-order valence-electron chi connectivity index (χ3n) is 5.18. The molecule has 0 heterocycles. The predicted octanol–water partition coefficient (Wildman–Crippen LogP) is 2.94. The van der Waals surface area contributed by atoms with Crippen molar-refractivity contribution in [2.24, 2.45) is 29.4 Å². The van der Waals surface area contributed by atoms with Gasteiger partial charge < -0.3 is 5.73 Å². The van der Waals surface area contributed by atoms with Gasteiger partial charge in [0.2, 0.25) is 0 Å². The Morgan fingerprint density at radius 1 is 1.14 bits per heavy atom. The first kappa shape index (κ1) is 9.21. The van der Waals surface area contributed by atoms with Gasteiger partial charge in [0.05, 0.1) is 0 Å². The Bertz CT molecular complexity index is 221. The molecule has 4 aliphatic rings. The topological polar surface area (TPSA) is 26.0 Å².